The number of ether oxygens (including phenoxy) is 2. The number of nitrogens with one attached hydrogen (secondary N) is 1. The van der Waals surface area contributed by atoms with E-state index in [2.05, 4.69) is 15.5 Å². The lowest BCUT2D eigenvalue weighted by atomic mass is 10.2. The topological polar surface area (TPSA) is 89.6 Å². The van der Waals surface area contributed by atoms with Crippen LogP contribution in [0.1, 0.15) is 5.56 Å². The second kappa shape index (κ2) is 6.91. The standard InChI is InChI=1S/C17H17N3O4/c1-22-13-7-3-5-11(9-13)16-19-17(24-20-16)18-10-12-6-4-8-14(23-2)15(12)21/h3-9,21H,10H2,1-2H3,(H,18,19,20). The number of aromatic hydroxyl groups is 1. The van der Waals surface area contributed by atoms with E-state index >= 15 is 0 Å². The Balaban J connectivity index is 1.72. The van der Waals surface area contributed by atoms with Crippen LogP contribution in [-0.4, -0.2) is 29.5 Å². The van der Waals surface area contributed by atoms with E-state index in [-0.39, 0.29) is 11.8 Å². The van der Waals surface area contributed by atoms with Gasteiger partial charge in [0.2, 0.25) is 5.82 Å². The monoisotopic (exact) mass is 327 g/mol. The van der Waals surface area contributed by atoms with Crippen LogP contribution in [0.2, 0.25) is 0 Å². The molecule has 0 saturated carbocycles. The maximum Gasteiger partial charge on any atom is 0.322 e. The summed E-state index contributed by atoms with van der Waals surface area (Å²) in [6.07, 6.45) is 0. The average molecular weight is 327 g/mol. The zero-order valence-electron chi connectivity index (χ0n) is 13.3. The van der Waals surface area contributed by atoms with E-state index in [0.29, 0.717) is 29.4 Å². The van der Waals surface area contributed by atoms with Crippen molar-refractivity contribution in [3.8, 4) is 28.6 Å². The normalized spacial score (nSPS) is 10.4. The summed E-state index contributed by atoms with van der Waals surface area (Å²) in [4.78, 5) is 4.29. The molecule has 0 radical (unpaired) electrons. The summed E-state index contributed by atoms with van der Waals surface area (Å²) in [5, 5.41) is 17.0. The average Bonchev–Trinajstić information content (AvgIpc) is 3.10. The number of phenolic OH excluding ortho intramolecular Hbond substituents is 1. The van der Waals surface area contributed by atoms with E-state index in [0.717, 1.165) is 5.56 Å². The molecule has 0 unspecified atom stereocenters. The zero-order chi connectivity index (χ0) is 16.9. The summed E-state index contributed by atoms with van der Waals surface area (Å²) in [5.41, 5.74) is 1.45. The smallest absolute Gasteiger partial charge is 0.322 e. The minimum absolute atomic E-state index is 0.0834. The van der Waals surface area contributed by atoms with E-state index in [1.54, 1.807) is 25.3 Å². The molecule has 0 aliphatic rings. The highest BCUT2D eigenvalue weighted by molar-refractivity contribution is 5.58. The number of nitrogens with zero attached hydrogens (tertiary/aromatic N) is 2. The lowest BCUT2D eigenvalue weighted by molar-refractivity contribution is 0.370. The molecule has 1 heterocycles. The maximum atomic E-state index is 10.1. The lowest BCUT2D eigenvalue weighted by Gasteiger charge is -2.08. The highest BCUT2D eigenvalue weighted by Crippen LogP contribution is 2.30. The van der Waals surface area contributed by atoms with Crippen molar-refractivity contribution < 1.29 is 19.1 Å². The lowest BCUT2D eigenvalue weighted by Crippen LogP contribution is -2.00. The number of methoxy groups -OCH3 is 2. The van der Waals surface area contributed by atoms with Crippen molar-refractivity contribution in [2.75, 3.05) is 19.5 Å². The summed E-state index contributed by atoms with van der Waals surface area (Å²) >= 11 is 0. The summed E-state index contributed by atoms with van der Waals surface area (Å²) < 4.78 is 15.4. The Kier molecular flexibility index (Phi) is 4.51. The van der Waals surface area contributed by atoms with Crippen LogP contribution < -0.4 is 14.8 Å². The molecule has 1 aromatic heterocycles. The number of rotatable bonds is 6. The van der Waals surface area contributed by atoms with Gasteiger partial charge in [0, 0.05) is 17.7 Å². The van der Waals surface area contributed by atoms with Crippen LogP contribution in [0.15, 0.2) is 47.0 Å². The van der Waals surface area contributed by atoms with Gasteiger partial charge in [-0.1, -0.05) is 29.4 Å². The first-order valence-electron chi connectivity index (χ1n) is 7.28. The van der Waals surface area contributed by atoms with Crippen molar-refractivity contribution in [2.24, 2.45) is 0 Å². The van der Waals surface area contributed by atoms with Gasteiger partial charge in [0.25, 0.3) is 0 Å². The predicted molar refractivity (Wildman–Crippen MR) is 88.3 cm³/mol. The molecule has 0 fully saturated rings. The molecule has 2 N–H and O–H groups in total. The van der Waals surface area contributed by atoms with Gasteiger partial charge in [-0.3, -0.25) is 0 Å². The van der Waals surface area contributed by atoms with Gasteiger partial charge in [-0.05, 0) is 18.2 Å². The van der Waals surface area contributed by atoms with Gasteiger partial charge in [-0.2, -0.15) is 4.98 Å². The predicted octanol–water partition coefficient (Wildman–Crippen LogP) is 3.07. The fraction of sp³-hybridized carbons (Fsp3) is 0.176. The Bertz CT molecular complexity index is 832. The second-order valence-electron chi connectivity index (χ2n) is 4.98. The molecule has 2 aromatic carbocycles. The van der Waals surface area contributed by atoms with Crippen LogP contribution in [0.5, 0.6) is 17.2 Å². The Morgan fingerprint density at radius 1 is 1.12 bits per heavy atom. The summed E-state index contributed by atoms with van der Waals surface area (Å²) in [6.45, 7) is 0.322. The molecule has 24 heavy (non-hydrogen) atoms. The van der Waals surface area contributed by atoms with Crippen molar-refractivity contribution in [1.29, 1.82) is 0 Å². The third-order valence-electron chi connectivity index (χ3n) is 3.49. The number of anilines is 1. The summed E-state index contributed by atoms with van der Waals surface area (Å²) in [6, 6.07) is 12.9. The molecule has 3 rings (SSSR count). The molecule has 0 saturated heterocycles. The van der Waals surface area contributed by atoms with Crippen LogP contribution in [0.4, 0.5) is 6.01 Å². The first-order valence-corrected chi connectivity index (χ1v) is 7.28. The molecule has 0 aliphatic carbocycles. The Labute approximate surface area is 138 Å². The van der Waals surface area contributed by atoms with E-state index in [9.17, 15) is 5.11 Å². The number of benzene rings is 2. The Hall–Kier alpha value is -3.22. The Morgan fingerprint density at radius 3 is 2.75 bits per heavy atom. The van der Waals surface area contributed by atoms with Crippen molar-refractivity contribution in [3.63, 3.8) is 0 Å². The molecule has 0 aliphatic heterocycles. The fourth-order valence-corrected chi connectivity index (χ4v) is 2.22. The summed E-state index contributed by atoms with van der Waals surface area (Å²) in [7, 11) is 3.10. The third kappa shape index (κ3) is 3.24. The molecule has 7 nitrogen and oxygen atoms in total. The van der Waals surface area contributed by atoms with Crippen molar-refractivity contribution in [3.05, 3.63) is 48.0 Å². The first kappa shape index (κ1) is 15.7. The molecule has 0 amide bonds. The van der Waals surface area contributed by atoms with Crippen LogP contribution in [0, 0.1) is 0 Å². The van der Waals surface area contributed by atoms with Gasteiger partial charge < -0.3 is 24.4 Å². The van der Waals surface area contributed by atoms with Crippen molar-refractivity contribution >= 4 is 6.01 Å². The van der Waals surface area contributed by atoms with Gasteiger partial charge in [-0.15, -0.1) is 0 Å². The van der Waals surface area contributed by atoms with Crippen LogP contribution in [0.25, 0.3) is 11.4 Å². The number of para-hydroxylation sites is 1. The Morgan fingerprint density at radius 2 is 1.96 bits per heavy atom. The molecule has 0 bridgehead atoms. The van der Waals surface area contributed by atoms with E-state index < -0.39 is 0 Å². The van der Waals surface area contributed by atoms with Gasteiger partial charge in [0.1, 0.15) is 5.75 Å². The minimum atomic E-state index is 0.0834. The molecular formula is C17H17N3O4. The third-order valence-corrected chi connectivity index (χ3v) is 3.49. The van der Waals surface area contributed by atoms with Gasteiger partial charge in [-0.25, -0.2) is 0 Å². The number of phenols is 1. The van der Waals surface area contributed by atoms with Gasteiger partial charge in [0.05, 0.1) is 14.2 Å². The highest BCUT2D eigenvalue weighted by Gasteiger charge is 2.11. The van der Waals surface area contributed by atoms with Gasteiger partial charge >= 0.3 is 6.01 Å². The molecule has 3 aromatic rings. The molecular weight excluding hydrogens is 310 g/mol. The molecule has 0 atom stereocenters. The fourth-order valence-electron chi connectivity index (χ4n) is 2.22. The van der Waals surface area contributed by atoms with E-state index in [1.807, 2.05) is 24.3 Å². The number of hydrogen-bond donors (Lipinski definition) is 2. The molecule has 0 spiro atoms. The molecule has 7 heteroatoms. The van der Waals surface area contributed by atoms with Crippen LogP contribution in [0.3, 0.4) is 0 Å². The van der Waals surface area contributed by atoms with Crippen LogP contribution in [-0.2, 0) is 6.54 Å². The quantitative estimate of drug-likeness (QED) is 0.719. The number of hydrogen-bond acceptors (Lipinski definition) is 7. The second-order valence-corrected chi connectivity index (χ2v) is 4.98. The SMILES string of the molecule is COc1cccc(-c2noc(NCc3cccc(OC)c3O)n2)c1. The largest absolute Gasteiger partial charge is 0.504 e. The van der Waals surface area contributed by atoms with E-state index in [4.69, 9.17) is 14.0 Å². The van der Waals surface area contributed by atoms with Crippen molar-refractivity contribution in [1.82, 2.24) is 10.1 Å². The zero-order valence-corrected chi connectivity index (χ0v) is 13.3. The maximum absolute atomic E-state index is 10.1. The van der Waals surface area contributed by atoms with Gasteiger partial charge in [0.15, 0.2) is 11.5 Å². The van der Waals surface area contributed by atoms with Crippen molar-refractivity contribution in [2.45, 2.75) is 6.54 Å². The van der Waals surface area contributed by atoms with Crippen LogP contribution >= 0.6 is 0 Å². The first-order chi connectivity index (χ1) is 11.7. The van der Waals surface area contributed by atoms with E-state index in [1.165, 1.54) is 7.11 Å². The number of aromatic nitrogens is 2. The minimum Gasteiger partial charge on any atom is -0.504 e. The summed E-state index contributed by atoms with van der Waals surface area (Å²) in [5.74, 6) is 1.66. The highest BCUT2D eigenvalue weighted by atomic mass is 16.5. The molecule has 124 valence electrons.